The van der Waals surface area contributed by atoms with Gasteiger partial charge in [0.05, 0.1) is 0 Å². The summed E-state index contributed by atoms with van der Waals surface area (Å²) in [6, 6.07) is 5.40. The summed E-state index contributed by atoms with van der Waals surface area (Å²) in [6.45, 7) is 0. The van der Waals surface area contributed by atoms with Gasteiger partial charge in [-0.25, -0.2) is 4.39 Å². The van der Waals surface area contributed by atoms with Crippen LogP contribution in [0.3, 0.4) is 0 Å². The van der Waals surface area contributed by atoms with Crippen LogP contribution in [0.15, 0.2) is 24.3 Å². The van der Waals surface area contributed by atoms with E-state index in [1.54, 1.807) is 0 Å². The number of carboxylic acid groups (broad SMARTS) is 1. The molecule has 0 aliphatic rings. The van der Waals surface area contributed by atoms with Crippen molar-refractivity contribution >= 4 is 12.3 Å². The fourth-order valence-electron chi connectivity index (χ4n) is 1.07. The molecular formula is C10H9FO3. The number of carboxylic acids is 1. The van der Waals surface area contributed by atoms with Gasteiger partial charge in [0.1, 0.15) is 18.0 Å². The van der Waals surface area contributed by atoms with Crippen LogP contribution in [0.5, 0.6) is 0 Å². The molecule has 0 aromatic heterocycles. The second-order valence-corrected chi connectivity index (χ2v) is 2.91. The molecule has 0 spiro atoms. The molecule has 0 saturated carbocycles. The third-order valence-electron chi connectivity index (χ3n) is 1.85. The lowest BCUT2D eigenvalue weighted by Crippen LogP contribution is -2.17. The van der Waals surface area contributed by atoms with Gasteiger partial charge in [0.15, 0.2) is 0 Å². The number of hydrogen-bond donors (Lipinski definition) is 1. The minimum atomic E-state index is -1.16. The van der Waals surface area contributed by atoms with E-state index in [1.165, 1.54) is 24.3 Å². The van der Waals surface area contributed by atoms with E-state index < -0.39 is 11.9 Å². The van der Waals surface area contributed by atoms with Gasteiger partial charge in [-0.1, -0.05) is 12.1 Å². The zero-order chi connectivity index (χ0) is 10.6. The molecule has 1 N–H and O–H groups in total. The normalized spacial score (nSPS) is 12.1. The SMILES string of the molecule is O=CC(Cc1ccc(F)cc1)C(=O)O. The summed E-state index contributed by atoms with van der Waals surface area (Å²) >= 11 is 0. The molecule has 0 radical (unpaired) electrons. The fourth-order valence-corrected chi connectivity index (χ4v) is 1.07. The minimum Gasteiger partial charge on any atom is -0.481 e. The van der Waals surface area contributed by atoms with Crippen molar-refractivity contribution in [2.75, 3.05) is 0 Å². The molecule has 74 valence electrons. The van der Waals surface area contributed by atoms with E-state index in [1.807, 2.05) is 0 Å². The number of hydrogen-bond acceptors (Lipinski definition) is 2. The number of carbonyl (C=O) groups is 2. The molecule has 4 heteroatoms. The van der Waals surface area contributed by atoms with E-state index >= 15 is 0 Å². The maximum absolute atomic E-state index is 12.5. The molecule has 0 saturated heterocycles. The lowest BCUT2D eigenvalue weighted by molar-refractivity contribution is -0.143. The average molecular weight is 196 g/mol. The van der Waals surface area contributed by atoms with E-state index in [0.717, 1.165) is 0 Å². The monoisotopic (exact) mass is 196 g/mol. The lowest BCUT2D eigenvalue weighted by Gasteiger charge is -2.04. The third kappa shape index (κ3) is 2.65. The Bertz CT molecular complexity index is 332. The number of benzene rings is 1. The Morgan fingerprint density at radius 1 is 1.43 bits per heavy atom. The Hall–Kier alpha value is -1.71. The van der Waals surface area contributed by atoms with Crippen molar-refractivity contribution < 1.29 is 19.1 Å². The van der Waals surface area contributed by atoms with E-state index in [4.69, 9.17) is 5.11 Å². The van der Waals surface area contributed by atoms with Crippen LogP contribution in [0.1, 0.15) is 5.56 Å². The van der Waals surface area contributed by atoms with Crippen molar-refractivity contribution in [2.45, 2.75) is 6.42 Å². The summed E-state index contributed by atoms with van der Waals surface area (Å²) in [5, 5.41) is 8.58. The van der Waals surface area contributed by atoms with Crippen molar-refractivity contribution in [1.29, 1.82) is 0 Å². The molecule has 3 nitrogen and oxygen atoms in total. The summed E-state index contributed by atoms with van der Waals surface area (Å²) in [6.07, 6.45) is 0.477. The Balaban J connectivity index is 2.72. The largest absolute Gasteiger partial charge is 0.481 e. The molecule has 1 aromatic rings. The van der Waals surface area contributed by atoms with Crippen molar-refractivity contribution in [1.82, 2.24) is 0 Å². The molecule has 0 fully saturated rings. The highest BCUT2D eigenvalue weighted by Crippen LogP contribution is 2.08. The van der Waals surface area contributed by atoms with Crippen molar-refractivity contribution in [3.05, 3.63) is 35.6 Å². The van der Waals surface area contributed by atoms with Crippen LogP contribution in [-0.4, -0.2) is 17.4 Å². The van der Waals surface area contributed by atoms with Gasteiger partial charge in [0.25, 0.3) is 0 Å². The highest BCUT2D eigenvalue weighted by molar-refractivity contribution is 5.86. The zero-order valence-corrected chi connectivity index (χ0v) is 7.31. The first-order chi connectivity index (χ1) is 6.63. The molecular weight excluding hydrogens is 187 g/mol. The summed E-state index contributed by atoms with van der Waals surface area (Å²) in [5.41, 5.74) is 0.630. The lowest BCUT2D eigenvalue weighted by atomic mass is 10.0. The number of rotatable bonds is 4. The molecule has 1 atom stereocenters. The maximum atomic E-state index is 12.5. The minimum absolute atomic E-state index is 0.0963. The molecule has 1 aromatic carbocycles. The van der Waals surface area contributed by atoms with E-state index in [9.17, 15) is 14.0 Å². The summed E-state index contributed by atoms with van der Waals surface area (Å²) in [5.74, 6) is -2.60. The van der Waals surface area contributed by atoms with Gasteiger partial charge in [-0.05, 0) is 24.1 Å². The van der Waals surface area contributed by atoms with E-state index in [0.29, 0.717) is 11.8 Å². The number of aliphatic carboxylic acids is 1. The molecule has 0 aliphatic heterocycles. The zero-order valence-electron chi connectivity index (χ0n) is 7.31. The second-order valence-electron chi connectivity index (χ2n) is 2.91. The van der Waals surface area contributed by atoms with Crippen LogP contribution in [-0.2, 0) is 16.0 Å². The predicted octanol–water partition coefficient (Wildman–Crippen LogP) is 1.27. The Labute approximate surface area is 80.2 Å². The van der Waals surface area contributed by atoms with Gasteiger partial charge in [-0.2, -0.15) is 0 Å². The first-order valence-electron chi connectivity index (χ1n) is 4.06. The van der Waals surface area contributed by atoms with E-state index in [2.05, 4.69) is 0 Å². The molecule has 0 bridgehead atoms. The van der Waals surface area contributed by atoms with Crippen LogP contribution in [0.4, 0.5) is 4.39 Å². The molecule has 0 amide bonds. The van der Waals surface area contributed by atoms with Gasteiger partial charge >= 0.3 is 5.97 Å². The third-order valence-corrected chi connectivity index (χ3v) is 1.85. The van der Waals surface area contributed by atoms with Gasteiger partial charge in [0, 0.05) is 0 Å². The average Bonchev–Trinajstić information content (AvgIpc) is 2.16. The van der Waals surface area contributed by atoms with Gasteiger partial charge in [-0.3, -0.25) is 4.79 Å². The van der Waals surface area contributed by atoms with Crippen LogP contribution in [0.25, 0.3) is 0 Å². The first kappa shape index (κ1) is 10.4. The van der Waals surface area contributed by atoms with Crippen molar-refractivity contribution in [3.63, 3.8) is 0 Å². The van der Waals surface area contributed by atoms with Gasteiger partial charge in [0.2, 0.25) is 0 Å². The highest BCUT2D eigenvalue weighted by atomic mass is 19.1. The molecule has 14 heavy (non-hydrogen) atoms. The predicted molar refractivity (Wildman–Crippen MR) is 47.3 cm³/mol. The van der Waals surface area contributed by atoms with Crippen LogP contribution >= 0.6 is 0 Å². The Morgan fingerprint density at radius 2 is 2.00 bits per heavy atom. The Morgan fingerprint density at radius 3 is 2.43 bits per heavy atom. The number of carbonyl (C=O) groups excluding carboxylic acids is 1. The molecule has 0 aliphatic carbocycles. The summed E-state index contributed by atoms with van der Waals surface area (Å²) < 4.78 is 12.5. The molecule has 1 unspecified atom stereocenters. The molecule has 1 rings (SSSR count). The quantitative estimate of drug-likeness (QED) is 0.582. The summed E-state index contributed by atoms with van der Waals surface area (Å²) in [4.78, 5) is 20.9. The second kappa shape index (κ2) is 4.50. The van der Waals surface area contributed by atoms with Gasteiger partial charge in [-0.15, -0.1) is 0 Å². The highest BCUT2D eigenvalue weighted by Gasteiger charge is 2.16. The number of halogens is 1. The summed E-state index contributed by atoms with van der Waals surface area (Å²) in [7, 11) is 0. The van der Waals surface area contributed by atoms with Crippen molar-refractivity contribution in [2.24, 2.45) is 5.92 Å². The van der Waals surface area contributed by atoms with Crippen molar-refractivity contribution in [3.8, 4) is 0 Å². The Kier molecular flexibility index (Phi) is 3.34. The van der Waals surface area contributed by atoms with Crippen LogP contribution in [0.2, 0.25) is 0 Å². The standard InChI is InChI=1S/C10H9FO3/c11-9-3-1-7(2-4-9)5-8(6-12)10(13)14/h1-4,6,8H,5H2,(H,13,14). The van der Waals surface area contributed by atoms with Crippen LogP contribution < -0.4 is 0 Å². The topological polar surface area (TPSA) is 54.4 Å². The van der Waals surface area contributed by atoms with Crippen LogP contribution in [0, 0.1) is 11.7 Å². The maximum Gasteiger partial charge on any atom is 0.314 e. The van der Waals surface area contributed by atoms with Gasteiger partial charge < -0.3 is 9.90 Å². The van der Waals surface area contributed by atoms with E-state index in [-0.39, 0.29) is 12.2 Å². The smallest absolute Gasteiger partial charge is 0.314 e. The number of aldehydes is 1. The fraction of sp³-hybridized carbons (Fsp3) is 0.200. The molecule has 0 heterocycles. The first-order valence-corrected chi connectivity index (χ1v) is 4.06.